The van der Waals surface area contributed by atoms with Crippen LogP contribution in [0.4, 0.5) is 0 Å². The van der Waals surface area contributed by atoms with Gasteiger partial charge >= 0.3 is 0 Å². The van der Waals surface area contributed by atoms with Gasteiger partial charge in [0.2, 0.25) is 5.91 Å². The molecule has 0 saturated heterocycles. The number of likely N-dealkylation sites (N-methyl/N-ethyl adjacent to an activating group) is 1. The number of aliphatic imine (C=N–C) groups is 1. The van der Waals surface area contributed by atoms with Crippen LogP contribution >= 0.6 is 0 Å². The summed E-state index contributed by atoms with van der Waals surface area (Å²) in [5.41, 5.74) is 0. The van der Waals surface area contributed by atoms with Crippen LogP contribution in [0.1, 0.15) is 59.3 Å². The number of carbonyl (C=O) groups is 1. The van der Waals surface area contributed by atoms with Crippen molar-refractivity contribution >= 4 is 11.7 Å². The van der Waals surface area contributed by atoms with E-state index in [-0.39, 0.29) is 5.91 Å². The molecule has 0 fully saturated rings. The number of hydrogen-bond acceptors (Lipinski definition) is 2. The fourth-order valence-electron chi connectivity index (χ4n) is 3.16. The maximum atomic E-state index is 11.1. The van der Waals surface area contributed by atoms with Gasteiger partial charge in [-0.05, 0) is 32.6 Å². The van der Waals surface area contributed by atoms with E-state index in [1.54, 1.807) is 6.92 Å². The molecule has 1 aliphatic rings. The van der Waals surface area contributed by atoms with Crippen LogP contribution in [-0.4, -0.2) is 48.9 Å². The first-order chi connectivity index (χ1) is 10.6. The normalized spacial score (nSPS) is 21.3. The van der Waals surface area contributed by atoms with Gasteiger partial charge in [0, 0.05) is 13.3 Å². The molecule has 1 heterocycles. The molecule has 1 unspecified atom stereocenters. The highest BCUT2D eigenvalue weighted by molar-refractivity contribution is 5.77. The van der Waals surface area contributed by atoms with E-state index in [0.717, 1.165) is 50.0 Å². The lowest BCUT2D eigenvalue weighted by Crippen LogP contribution is -2.54. The number of amidine groups is 1. The Morgan fingerprint density at radius 3 is 2.77 bits per heavy atom. The maximum absolute atomic E-state index is 11.1. The SMILES string of the molecule is CC/C=C/CCCCCC1=NCC[N+]1(CC)CCNC(C)=O. The predicted octanol–water partition coefficient (Wildman–Crippen LogP) is 3.29. The summed E-state index contributed by atoms with van der Waals surface area (Å²) in [6.45, 7) is 10.9. The third kappa shape index (κ3) is 6.30. The second-order valence-corrected chi connectivity index (χ2v) is 6.17. The predicted molar refractivity (Wildman–Crippen MR) is 94.0 cm³/mol. The average Bonchev–Trinajstić information content (AvgIpc) is 2.89. The van der Waals surface area contributed by atoms with Crippen LogP contribution in [0.3, 0.4) is 0 Å². The zero-order valence-electron chi connectivity index (χ0n) is 14.7. The Labute approximate surface area is 136 Å². The molecule has 22 heavy (non-hydrogen) atoms. The molecule has 0 spiro atoms. The van der Waals surface area contributed by atoms with Crippen molar-refractivity contribution in [3.8, 4) is 0 Å². The number of quaternary nitrogens is 1. The number of rotatable bonds is 11. The van der Waals surface area contributed by atoms with Crippen molar-refractivity contribution < 1.29 is 9.28 Å². The van der Waals surface area contributed by atoms with Crippen molar-refractivity contribution in [1.82, 2.24) is 5.32 Å². The van der Waals surface area contributed by atoms with Crippen molar-refractivity contribution in [2.45, 2.75) is 59.3 Å². The highest BCUT2D eigenvalue weighted by atomic mass is 16.1. The van der Waals surface area contributed by atoms with Crippen LogP contribution in [0.5, 0.6) is 0 Å². The topological polar surface area (TPSA) is 41.5 Å². The van der Waals surface area contributed by atoms with Crippen molar-refractivity contribution in [2.75, 3.05) is 32.7 Å². The number of carbonyl (C=O) groups excluding carboxylic acids is 1. The van der Waals surface area contributed by atoms with Crippen LogP contribution in [0, 0.1) is 0 Å². The molecule has 0 saturated carbocycles. The quantitative estimate of drug-likeness (QED) is 0.355. The molecule has 0 aliphatic carbocycles. The zero-order chi connectivity index (χ0) is 16.3. The Morgan fingerprint density at radius 1 is 1.27 bits per heavy atom. The number of nitrogens with zero attached hydrogens (tertiary/aromatic N) is 2. The van der Waals surface area contributed by atoms with E-state index in [0.29, 0.717) is 0 Å². The number of unbranched alkanes of at least 4 members (excludes halogenated alkanes) is 3. The first-order valence-electron chi connectivity index (χ1n) is 8.94. The monoisotopic (exact) mass is 308 g/mol. The molecule has 0 radical (unpaired) electrons. The summed E-state index contributed by atoms with van der Waals surface area (Å²) in [5, 5.41) is 2.93. The van der Waals surface area contributed by atoms with Crippen molar-refractivity contribution in [2.24, 2.45) is 4.99 Å². The van der Waals surface area contributed by atoms with Gasteiger partial charge < -0.3 is 5.32 Å². The van der Waals surface area contributed by atoms with E-state index >= 15 is 0 Å². The Balaban J connectivity index is 2.33. The van der Waals surface area contributed by atoms with Crippen molar-refractivity contribution in [3.63, 3.8) is 0 Å². The molecule has 1 aliphatic heterocycles. The molecule has 1 N–H and O–H groups in total. The molecule has 0 bridgehead atoms. The van der Waals surface area contributed by atoms with Crippen LogP contribution in [0.25, 0.3) is 0 Å². The lowest BCUT2D eigenvalue weighted by Gasteiger charge is -2.33. The van der Waals surface area contributed by atoms with E-state index < -0.39 is 0 Å². The molecule has 4 heteroatoms. The molecule has 4 nitrogen and oxygen atoms in total. The molecular formula is C18H34N3O+. The highest BCUT2D eigenvalue weighted by Crippen LogP contribution is 2.19. The summed E-state index contributed by atoms with van der Waals surface area (Å²) in [6, 6.07) is 0. The van der Waals surface area contributed by atoms with Crippen LogP contribution < -0.4 is 5.32 Å². The van der Waals surface area contributed by atoms with E-state index in [1.807, 2.05) is 0 Å². The van der Waals surface area contributed by atoms with E-state index in [9.17, 15) is 4.79 Å². The lowest BCUT2D eigenvalue weighted by molar-refractivity contribution is -0.833. The average molecular weight is 308 g/mol. The van der Waals surface area contributed by atoms with Gasteiger partial charge in [-0.25, -0.2) is 4.99 Å². The van der Waals surface area contributed by atoms with Crippen molar-refractivity contribution in [1.29, 1.82) is 0 Å². The van der Waals surface area contributed by atoms with Gasteiger partial charge in [0.1, 0.15) is 13.1 Å². The summed E-state index contributed by atoms with van der Waals surface area (Å²) >= 11 is 0. The van der Waals surface area contributed by atoms with Gasteiger partial charge in [-0.15, -0.1) is 0 Å². The molecule has 1 rings (SSSR count). The standard InChI is InChI=1S/C18H33N3O/c1-4-6-7-8-9-10-11-12-18-20-14-16-21(18,5-2)15-13-19-17(3)22/h6-7H,4-5,8-16H2,1-3H3/p+1/b7-6+. The third-order valence-corrected chi connectivity index (χ3v) is 4.56. The molecule has 0 aromatic carbocycles. The van der Waals surface area contributed by atoms with Crippen LogP contribution in [0.15, 0.2) is 17.1 Å². The smallest absolute Gasteiger partial charge is 0.217 e. The van der Waals surface area contributed by atoms with E-state index in [4.69, 9.17) is 4.99 Å². The van der Waals surface area contributed by atoms with Gasteiger partial charge in [-0.2, -0.15) is 0 Å². The van der Waals surface area contributed by atoms with Gasteiger partial charge in [0.25, 0.3) is 0 Å². The van der Waals surface area contributed by atoms with Crippen LogP contribution in [0.2, 0.25) is 0 Å². The molecule has 0 aromatic heterocycles. The number of amides is 1. The molecule has 0 aromatic rings. The first-order valence-corrected chi connectivity index (χ1v) is 8.94. The van der Waals surface area contributed by atoms with E-state index in [2.05, 4.69) is 31.3 Å². The lowest BCUT2D eigenvalue weighted by atomic mass is 10.1. The molecule has 1 atom stereocenters. The minimum Gasteiger partial charge on any atom is -0.351 e. The summed E-state index contributed by atoms with van der Waals surface area (Å²) in [6.07, 6.45) is 11.8. The summed E-state index contributed by atoms with van der Waals surface area (Å²) in [5.74, 6) is 1.42. The van der Waals surface area contributed by atoms with Gasteiger partial charge in [-0.1, -0.05) is 25.5 Å². The Morgan fingerprint density at radius 2 is 2.09 bits per heavy atom. The molecular weight excluding hydrogens is 274 g/mol. The minimum absolute atomic E-state index is 0.0621. The van der Waals surface area contributed by atoms with Gasteiger partial charge in [0.15, 0.2) is 5.84 Å². The number of hydrogen-bond donors (Lipinski definition) is 1. The first kappa shape index (κ1) is 18.9. The molecule has 1 amide bonds. The summed E-state index contributed by atoms with van der Waals surface area (Å²) in [7, 11) is 0. The fourth-order valence-corrected chi connectivity index (χ4v) is 3.16. The minimum atomic E-state index is 0.0621. The van der Waals surface area contributed by atoms with Gasteiger partial charge in [0.05, 0.1) is 19.6 Å². The largest absolute Gasteiger partial charge is 0.351 e. The van der Waals surface area contributed by atoms with E-state index in [1.165, 1.54) is 31.5 Å². The number of allylic oxidation sites excluding steroid dienone is 2. The summed E-state index contributed by atoms with van der Waals surface area (Å²) in [4.78, 5) is 15.8. The Hall–Kier alpha value is -1.16. The third-order valence-electron chi connectivity index (χ3n) is 4.56. The second-order valence-electron chi connectivity index (χ2n) is 6.17. The van der Waals surface area contributed by atoms with Crippen LogP contribution in [-0.2, 0) is 4.79 Å². The Kier molecular flexibility index (Phi) is 9.05. The molecule has 126 valence electrons. The van der Waals surface area contributed by atoms with Crippen molar-refractivity contribution in [3.05, 3.63) is 12.2 Å². The fraction of sp³-hybridized carbons (Fsp3) is 0.778. The van der Waals surface area contributed by atoms with Gasteiger partial charge in [-0.3, -0.25) is 9.28 Å². The second kappa shape index (κ2) is 10.5. The zero-order valence-corrected chi connectivity index (χ0v) is 14.7. The Bertz CT molecular complexity index is 390. The summed E-state index contributed by atoms with van der Waals surface area (Å²) < 4.78 is 0.982. The highest BCUT2D eigenvalue weighted by Gasteiger charge is 2.35. The number of nitrogens with one attached hydrogen (secondary N) is 1. The maximum Gasteiger partial charge on any atom is 0.217 e.